The van der Waals surface area contributed by atoms with Crippen LogP contribution in [0.5, 0.6) is 0 Å². The number of rotatable bonds is 4. The van der Waals surface area contributed by atoms with Crippen LogP contribution in [0.3, 0.4) is 0 Å². The van der Waals surface area contributed by atoms with E-state index >= 15 is 0 Å². The summed E-state index contributed by atoms with van der Waals surface area (Å²) >= 11 is 0. The first kappa shape index (κ1) is 13.0. The van der Waals surface area contributed by atoms with Crippen molar-refractivity contribution >= 4 is 10.2 Å². The predicted molar refractivity (Wildman–Crippen MR) is 55.8 cm³/mol. The molecule has 0 aliphatic heterocycles. The summed E-state index contributed by atoms with van der Waals surface area (Å²) in [6.07, 6.45) is 0. The van der Waals surface area contributed by atoms with Gasteiger partial charge in [0.2, 0.25) is 0 Å². The highest BCUT2D eigenvalue weighted by Crippen LogP contribution is 2.08. The number of nitrogens with zero attached hydrogens (tertiary/aromatic N) is 1. The van der Waals surface area contributed by atoms with Gasteiger partial charge in [-0.1, -0.05) is 6.07 Å². The van der Waals surface area contributed by atoms with Gasteiger partial charge in [-0.15, -0.1) is 0 Å². The number of hydrogen-bond donors (Lipinski definition) is 1. The SMILES string of the molecule is CN(C)S(=O)(=O)NCc1ccc(F)c(F)c1. The van der Waals surface area contributed by atoms with Gasteiger partial charge in [-0.25, -0.2) is 8.78 Å². The van der Waals surface area contributed by atoms with E-state index in [1.54, 1.807) is 0 Å². The van der Waals surface area contributed by atoms with E-state index in [0.29, 0.717) is 5.56 Å². The minimum absolute atomic E-state index is 0.0856. The summed E-state index contributed by atoms with van der Waals surface area (Å²) in [6, 6.07) is 3.22. The number of hydrogen-bond acceptors (Lipinski definition) is 2. The molecule has 0 heterocycles. The van der Waals surface area contributed by atoms with E-state index in [0.717, 1.165) is 16.4 Å². The molecule has 0 amide bonds. The fraction of sp³-hybridized carbons (Fsp3) is 0.333. The topological polar surface area (TPSA) is 49.4 Å². The van der Waals surface area contributed by atoms with Crippen LogP contribution in [0.2, 0.25) is 0 Å². The zero-order chi connectivity index (χ0) is 12.3. The second-order valence-electron chi connectivity index (χ2n) is 3.36. The third-order valence-corrected chi connectivity index (χ3v) is 3.39. The zero-order valence-electron chi connectivity index (χ0n) is 8.87. The second kappa shape index (κ2) is 4.86. The van der Waals surface area contributed by atoms with Gasteiger partial charge >= 0.3 is 0 Å². The highest BCUT2D eigenvalue weighted by atomic mass is 32.2. The zero-order valence-corrected chi connectivity index (χ0v) is 9.68. The molecule has 1 rings (SSSR count). The minimum atomic E-state index is -3.55. The Labute approximate surface area is 93.1 Å². The van der Waals surface area contributed by atoms with E-state index in [2.05, 4.69) is 4.72 Å². The standard InChI is InChI=1S/C9H12F2N2O2S/c1-13(2)16(14,15)12-6-7-3-4-8(10)9(11)5-7/h3-5,12H,6H2,1-2H3. The highest BCUT2D eigenvalue weighted by molar-refractivity contribution is 7.87. The smallest absolute Gasteiger partial charge is 0.204 e. The van der Waals surface area contributed by atoms with Crippen LogP contribution in [-0.4, -0.2) is 26.8 Å². The van der Waals surface area contributed by atoms with Gasteiger partial charge in [0.05, 0.1) is 0 Å². The normalized spacial score (nSPS) is 12.1. The molecule has 0 aromatic heterocycles. The van der Waals surface area contributed by atoms with Crippen LogP contribution in [0.4, 0.5) is 8.78 Å². The molecule has 0 unspecified atom stereocenters. The van der Waals surface area contributed by atoms with E-state index in [1.165, 1.54) is 20.2 Å². The minimum Gasteiger partial charge on any atom is -0.204 e. The summed E-state index contributed by atoms with van der Waals surface area (Å²) < 4.78 is 51.2. The molecule has 16 heavy (non-hydrogen) atoms. The average Bonchev–Trinajstić information content (AvgIpc) is 2.20. The highest BCUT2D eigenvalue weighted by Gasteiger charge is 2.12. The molecule has 90 valence electrons. The van der Waals surface area contributed by atoms with E-state index in [9.17, 15) is 17.2 Å². The molecule has 1 N–H and O–H groups in total. The van der Waals surface area contributed by atoms with Crippen LogP contribution in [-0.2, 0) is 16.8 Å². The molecule has 0 radical (unpaired) electrons. The van der Waals surface area contributed by atoms with Gasteiger partial charge in [0.1, 0.15) is 0 Å². The maximum absolute atomic E-state index is 12.8. The fourth-order valence-electron chi connectivity index (χ4n) is 0.953. The molecule has 0 saturated carbocycles. The number of nitrogens with one attached hydrogen (secondary N) is 1. The Kier molecular flexibility index (Phi) is 3.95. The largest absolute Gasteiger partial charge is 0.279 e. The third-order valence-electron chi connectivity index (χ3n) is 1.92. The van der Waals surface area contributed by atoms with Crippen molar-refractivity contribution in [2.45, 2.75) is 6.54 Å². The van der Waals surface area contributed by atoms with Crippen molar-refractivity contribution in [3.8, 4) is 0 Å². The van der Waals surface area contributed by atoms with E-state index in [1.807, 2.05) is 0 Å². The lowest BCUT2D eigenvalue weighted by molar-refractivity contribution is 0.500. The molecule has 1 aromatic carbocycles. The average molecular weight is 250 g/mol. The van der Waals surface area contributed by atoms with Crippen LogP contribution in [0, 0.1) is 11.6 Å². The van der Waals surface area contributed by atoms with Crippen LogP contribution in [0.25, 0.3) is 0 Å². The van der Waals surface area contributed by atoms with Crippen molar-refractivity contribution in [3.63, 3.8) is 0 Å². The molecule has 0 spiro atoms. The summed E-state index contributed by atoms with van der Waals surface area (Å²) in [4.78, 5) is 0. The van der Waals surface area contributed by atoms with Crippen LogP contribution in [0.1, 0.15) is 5.56 Å². The second-order valence-corrected chi connectivity index (χ2v) is 5.33. The number of halogens is 2. The Morgan fingerprint density at radius 3 is 2.38 bits per heavy atom. The van der Waals surface area contributed by atoms with Crippen molar-refractivity contribution in [3.05, 3.63) is 35.4 Å². The van der Waals surface area contributed by atoms with Crippen molar-refractivity contribution in [2.75, 3.05) is 14.1 Å². The van der Waals surface area contributed by atoms with Crippen molar-refractivity contribution in [1.82, 2.24) is 9.03 Å². The lowest BCUT2D eigenvalue weighted by Crippen LogP contribution is -2.35. The molecule has 0 atom stereocenters. The molecule has 7 heteroatoms. The Morgan fingerprint density at radius 2 is 1.88 bits per heavy atom. The predicted octanol–water partition coefficient (Wildman–Crippen LogP) is 0.861. The van der Waals surface area contributed by atoms with Gasteiger partial charge in [-0.2, -0.15) is 17.4 Å². The first-order valence-corrected chi connectivity index (χ1v) is 5.88. The van der Waals surface area contributed by atoms with Crippen molar-refractivity contribution in [2.24, 2.45) is 0 Å². The summed E-state index contributed by atoms with van der Waals surface area (Å²) in [7, 11) is -0.815. The monoisotopic (exact) mass is 250 g/mol. The molecule has 0 saturated heterocycles. The van der Waals surface area contributed by atoms with E-state index < -0.39 is 21.8 Å². The Bertz CT molecular complexity index is 474. The lowest BCUT2D eigenvalue weighted by Gasteiger charge is -2.12. The van der Waals surface area contributed by atoms with Crippen molar-refractivity contribution in [1.29, 1.82) is 0 Å². The van der Waals surface area contributed by atoms with Gasteiger partial charge in [-0.05, 0) is 17.7 Å². The maximum atomic E-state index is 12.8. The summed E-state index contributed by atoms with van der Waals surface area (Å²) in [5.41, 5.74) is 0.351. The Hall–Kier alpha value is -1.05. The van der Waals surface area contributed by atoms with Gasteiger partial charge < -0.3 is 0 Å². The Balaban J connectivity index is 2.73. The van der Waals surface area contributed by atoms with Gasteiger partial charge in [0, 0.05) is 20.6 Å². The summed E-state index contributed by atoms with van der Waals surface area (Å²) in [6.45, 7) is -0.0856. The molecular weight excluding hydrogens is 238 g/mol. The van der Waals surface area contributed by atoms with Gasteiger partial charge in [0.15, 0.2) is 11.6 Å². The van der Waals surface area contributed by atoms with Crippen molar-refractivity contribution < 1.29 is 17.2 Å². The summed E-state index contributed by atoms with van der Waals surface area (Å²) in [5, 5.41) is 0. The van der Waals surface area contributed by atoms with Crippen LogP contribution < -0.4 is 4.72 Å². The maximum Gasteiger partial charge on any atom is 0.279 e. The number of benzene rings is 1. The fourth-order valence-corrected chi connectivity index (χ4v) is 1.56. The Morgan fingerprint density at radius 1 is 1.25 bits per heavy atom. The molecule has 0 aliphatic rings. The molecule has 0 fully saturated rings. The molecule has 4 nitrogen and oxygen atoms in total. The lowest BCUT2D eigenvalue weighted by atomic mass is 10.2. The van der Waals surface area contributed by atoms with Crippen LogP contribution >= 0.6 is 0 Å². The summed E-state index contributed by atoms with van der Waals surface area (Å²) in [5.74, 6) is -1.96. The van der Waals surface area contributed by atoms with Gasteiger partial charge in [-0.3, -0.25) is 0 Å². The molecule has 0 aliphatic carbocycles. The third kappa shape index (κ3) is 3.22. The van der Waals surface area contributed by atoms with E-state index in [-0.39, 0.29) is 6.54 Å². The first-order chi connectivity index (χ1) is 7.33. The van der Waals surface area contributed by atoms with E-state index in [4.69, 9.17) is 0 Å². The first-order valence-electron chi connectivity index (χ1n) is 4.44. The van der Waals surface area contributed by atoms with Gasteiger partial charge in [0.25, 0.3) is 10.2 Å². The molecule has 0 bridgehead atoms. The van der Waals surface area contributed by atoms with Crippen LogP contribution in [0.15, 0.2) is 18.2 Å². The quantitative estimate of drug-likeness (QED) is 0.861. The molecular formula is C9H12F2N2O2S. The molecule has 1 aromatic rings.